The van der Waals surface area contributed by atoms with Crippen molar-refractivity contribution in [2.24, 2.45) is 0 Å². The average molecular weight is 259 g/mol. The molecule has 0 aliphatic heterocycles. The molecule has 2 rings (SSSR count). The number of hydrogen-bond donors (Lipinski definition) is 1. The van der Waals surface area contributed by atoms with Crippen molar-refractivity contribution in [3.05, 3.63) is 41.2 Å². The summed E-state index contributed by atoms with van der Waals surface area (Å²) < 4.78 is 0. The Morgan fingerprint density at radius 2 is 2.00 bits per heavy atom. The number of nitrogens with zero attached hydrogens (tertiary/aromatic N) is 4. The van der Waals surface area contributed by atoms with Crippen LogP contribution in [0.1, 0.15) is 41.5 Å². The van der Waals surface area contributed by atoms with Crippen LogP contribution in [0.25, 0.3) is 0 Å². The van der Waals surface area contributed by atoms with Gasteiger partial charge in [0.2, 0.25) is 0 Å². The number of amides is 1. The van der Waals surface area contributed by atoms with Gasteiger partial charge < -0.3 is 4.90 Å². The molecule has 0 unspecified atom stereocenters. The summed E-state index contributed by atoms with van der Waals surface area (Å²) in [5.41, 5.74) is 2.36. The third kappa shape index (κ3) is 3.15. The van der Waals surface area contributed by atoms with Gasteiger partial charge in [-0.25, -0.2) is 0 Å². The summed E-state index contributed by atoms with van der Waals surface area (Å²) in [4.78, 5) is 13.5. The van der Waals surface area contributed by atoms with Gasteiger partial charge in [0.05, 0.1) is 0 Å². The number of nitrogens with one attached hydrogen (secondary N) is 1. The minimum Gasteiger partial charge on any atom is -0.335 e. The summed E-state index contributed by atoms with van der Waals surface area (Å²) in [5, 5.41) is 13.0. The first-order valence-electron chi connectivity index (χ1n) is 6.15. The van der Waals surface area contributed by atoms with Crippen molar-refractivity contribution in [3.8, 4) is 0 Å². The van der Waals surface area contributed by atoms with Crippen LogP contribution in [-0.2, 0) is 6.54 Å². The van der Waals surface area contributed by atoms with Crippen LogP contribution in [-0.4, -0.2) is 38.5 Å². The highest BCUT2D eigenvalue weighted by Crippen LogP contribution is 2.15. The van der Waals surface area contributed by atoms with E-state index in [0.29, 0.717) is 12.5 Å². The van der Waals surface area contributed by atoms with Gasteiger partial charge in [-0.15, -0.1) is 10.2 Å². The minimum atomic E-state index is -0.248. The molecular formula is C13H17N5O. The fourth-order valence-electron chi connectivity index (χ4n) is 1.78. The third-order valence-corrected chi connectivity index (χ3v) is 2.95. The monoisotopic (exact) mass is 259 g/mol. The Balaban J connectivity index is 2.02. The van der Waals surface area contributed by atoms with Crippen LogP contribution < -0.4 is 0 Å². The molecule has 0 aliphatic rings. The highest BCUT2D eigenvalue weighted by atomic mass is 16.2. The summed E-state index contributed by atoms with van der Waals surface area (Å²) in [6.07, 6.45) is 0. The number of carbonyl (C=O) groups excluding carboxylic acids is 1. The molecule has 0 atom stereocenters. The fourth-order valence-corrected chi connectivity index (χ4v) is 1.78. The van der Waals surface area contributed by atoms with Crippen LogP contribution in [0.15, 0.2) is 24.3 Å². The van der Waals surface area contributed by atoms with Gasteiger partial charge in [-0.1, -0.05) is 38.1 Å². The number of tetrazole rings is 1. The van der Waals surface area contributed by atoms with Crippen LogP contribution in [0, 0.1) is 0 Å². The normalized spacial score (nSPS) is 10.7. The summed E-state index contributed by atoms with van der Waals surface area (Å²) in [7, 11) is 1.72. The molecule has 6 nitrogen and oxygen atoms in total. The van der Waals surface area contributed by atoms with Crippen LogP contribution in [0.2, 0.25) is 0 Å². The second kappa shape index (κ2) is 5.60. The molecule has 19 heavy (non-hydrogen) atoms. The first kappa shape index (κ1) is 13.2. The highest BCUT2D eigenvalue weighted by molar-refractivity contribution is 5.89. The van der Waals surface area contributed by atoms with Gasteiger partial charge >= 0.3 is 0 Å². The second-order valence-corrected chi connectivity index (χ2v) is 4.79. The Labute approximate surface area is 111 Å². The molecule has 6 heteroatoms. The Kier molecular flexibility index (Phi) is 3.89. The molecule has 1 heterocycles. The Bertz CT molecular complexity index is 533. The van der Waals surface area contributed by atoms with Gasteiger partial charge in [0, 0.05) is 13.6 Å². The maximum atomic E-state index is 11.9. The quantitative estimate of drug-likeness (QED) is 0.904. The first-order chi connectivity index (χ1) is 9.08. The second-order valence-electron chi connectivity index (χ2n) is 4.79. The van der Waals surface area contributed by atoms with Crippen LogP contribution in [0.5, 0.6) is 0 Å². The molecule has 0 saturated heterocycles. The molecule has 0 saturated carbocycles. The molecule has 1 aromatic carbocycles. The van der Waals surface area contributed by atoms with Crippen molar-refractivity contribution in [1.82, 2.24) is 25.5 Å². The number of benzene rings is 1. The van der Waals surface area contributed by atoms with Gasteiger partial charge in [-0.05, 0) is 22.3 Å². The Hall–Kier alpha value is -2.24. The van der Waals surface area contributed by atoms with Gasteiger partial charge in [0.15, 0.2) is 0 Å². The maximum absolute atomic E-state index is 11.9. The zero-order valence-electron chi connectivity index (χ0n) is 11.3. The summed E-state index contributed by atoms with van der Waals surface area (Å²) >= 11 is 0. The van der Waals surface area contributed by atoms with E-state index in [-0.39, 0.29) is 11.7 Å². The fraction of sp³-hybridized carbons (Fsp3) is 0.385. The largest absolute Gasteiger partial charge is 0.335 e. The molecule has 2 aromatic rings. The molecule has 0 fully saturated rings. The molecule has 0 radical (unpaired) electrons. The lowest BCUT2D eigenvalue weighted by molar-refractivity contribution is 0.0773. The highest BCUT2D eigenvalue weighted by Gasteiger charge is 2.16. The predicted octanol–water partition coefficient (Wildman–Crippen LogP) is 1.60. The van der Waals surface area contributed by atoms with Crippen molar-refractivity contribution in [3.63, 3.8) is 0 Å². The van der Waals surface area contributed by atoms with Gasteiger partial charge in [-0.3, -0.25) is 4.79 Å². The lowest BCUT2D eigenvalue weighted by Gasteiger charge is -2.15. The van der Waals surface area contributed by atoms with Crippen molar-refractivity contribution >= 4 is 5.91 Å². The number of H-pyrrole nitrogens is 1. The summed E-state index contributed by atoms with van der Waals surface area (Å²) in [6, 6.07) is 8.25. The van der Waals surface area contributed by atoms with E-state index in [2.05, 4.69) is 46.6 Å². The number of hydrogen-bond acceptors (Lipinski definition) is 4. The number of carbonyl (C=O) groups is 1. The molecular weight excluding hydrogens is 242 g/mol. The first-order valence-corrected chi connectivity index (χ1v) is 6.15. The van der Waals surface area contributed by atoms with Crippen molar-refractivity contribution in [1.29, 1.82) is 0 Å². The summed E-state index contributed by atoms with van der Waals surface area (Å²) in [6.45, 7) is 4.83. The molecule has 1 amide bonds. The van der Waals surface area contributed by atoms with E-state index in [0.717, 1.165) is 5.56 Å². The number of rotatable bonds is 4. The van der Waals surface area contributed by atoms with Gasteiger partial charge in [0.1, 0.15) is 0 Å². The smallest absolute Gasteiger partial charge is 0.295 e. The minimum absolute atomic E-state index is 0.0845. The Morgan fingerprint density at radius 1 is 1.32 bits per heavy atom. The van der Waals surface area contributed by atoms with Crippen molar-refractivity contribution < 1.29 is 4.79 Å². The van der Waals surface area contributed by atoms with E-state index in [9.17, 15) is 4.79 Å². The van der Waals surface area contributed by atoms with E-state index in [4.69, 9.17) is 0 Å². The number of aromatic amines is 1. The van der Waals surface area contributed by atoms with Crippen LogP contribution in [0.3, 0.4) is 0 Å². The zero-order chi connectivity index (χ0) is 13.8. The molecule has 1 N–H and O–H groups in total. The van der Waals surface area contributed by atoms with E-state index in [1.807, 2.05) is 12.1 Å². The topological polar surface area (TPSA) is 74.8 Å². The van der Waals surface area contributed by atoms with Gasteiger partial charge in [-0.2, -0.15) is 5.21 Å². The van der Waals surface area contributed by atoms with Crippen molar-refractivity contribution in [2.75, 3.05) is 7.05 Å². The molecule has 0 bridgehead atoms. The van der Waals surface area contributed by atoms with E-state index >= 15 is 0 Å². The van der Waals surface area contributed by atoms with E-state index < -0.39 is 0 Å². The third-order valence-electron chi connectivity index (χ3n) is 2.95. The van der Waals surface area contributed by atoms with Crippen molar-refractivity contribution in [2.45, 2.75) is 26.3 Å². The molecule has 1 aromatic heterocycles. The average Bonchev–Trinajstić information content (AvgIpc) is 2.92. The lowest BCUT2D eigenvalue weighted by atomic mass is 10.0. The van der Waals surface area contributed by atoms with E-state index in [1.54, 1.807) is 11.9 Å². The molecule has 0 spiro atoms. The SMILES string of the molecule is CC(C)c1ccc(CN(C)C(=O)c2nn[nH]n2)cc1. The molecule has 100 valence electrons. The van der Waals surface area contributed by atoms with Crippen LogP contribution >= 0.6 is 0 Å². The van der Waals surface area contributed by atoms with Gasteiger partial charge in [0.25, 0.3) is 11.7 Å². The standard InChI is InChI=1S/C13H17N5O/c1-9(2)11-6-4-10(5-7-11)8-18(3)13(19)12-14-16-17-15-12/h4-7,9H,8H2,1-3H3,(H,14,15,16,17). The molecule has 0 aliphatic carbocycles. The Morgan fingerprint density at radius 3 is 2.53 bits per heavy atom. The zero-order valence-corrected chi connectivity index (χ0v) is 11.3. The maximum Gasteiger partial charge on any atom is 0.295 e. The predicted molar refractivity (Wildman–Crippen MR) is 70.5 cm³/mol. The number of aromatic nitrogens is 4. The summed E-state index contributed by atoms with van der Waals surface area (Å²) in [5.74, 6) is 0.343. The van der Waals surface area contributed by atoms with E-state index in [1.165, 1.54) is 5.56 Å². The van der Waals surface area contributed by atoms with Crippen LogP contribution in [0.4, 0.5) is 0 Å². The lowest BCUT2D eigenvalue weighted by Crippen LogP contribution is -2.27.